The Morgan fingerprint density at radius 2 is 1.89 bits per heavy atom. The number of ether oxygens (including phenoxy) is 1. The Morgan fingerprint density at radius 1 is 1.19 bits per heavy atom. The smallest absolute Gasteiger partial charge is 0.265 e. The average molecular weight is 383 g/mol. The lowest BCUT2D eigenvalue weighted by molar-refractivity contribution is -0.129. The van der Waals surface area contributed by atoms with Crippen LogP contribution >= 0.6 is 12.2 Å². The van der Waals surface area contributed by atoms with Crippen LogP contribution in [0.25, 0.3) is 11.8 Å². The molecule has 1 aromatic heterocycles. The molecule has 140 valence electrons. The number of rotatable bonds is 5. The van der Waals surface area contributed by atoms with Gasteiger partial charge in [-0.1, -0.05) is 18.2 Å². The number of aryl methyl sites for hydroxylation is 1. The molecule has 0 saturated carbocycles. The highest BCUT2D eigenvalue weighted by Crippen LogP contribution is 2.24. The zero-order valence-corrected chi connectivity index (χ0v) is 16.3. The molecule has 2 amide bonds. The first-order valence-electron chi connectivity index (χ1n) is 8.56. The van der Waals surface area contributed by atoms with Crippen LogP contribution in [0.2, 0.25) is 0 Å². The van der Waals surface area contributed by atoms with E-state index in [0.29, 0.717) is 6.61 Å². The van der Waals surface area contributed by atoms with Crippen LogP contribution in [0.15, 0.2) is 42.0 Å². The second-order valence-corrected chi connectivity index (χ2v) is 6.65. The third-order valence-corrected chi connectivity index (χ3v) is 4.81. The molecule has 0 bridgehead atoms. The summed E-state index contributed by atoms with van der Waals surface area (Å²) in [7, 11) is 1.55. The summed E-state index contributed by atoms with van der Waals surface area (Å²) >= 11 is 5.11. The van der Waals surface area contributed by atoms with Gasteiger partial charge in [-0.2, -0.15) is 0 Å². The van der Waals surface area contributed by atoms with Crippen molar-refractivity contribution in [3.8, 4) is 5.69 Å². The number of nitrogens with one attached hydrogen (secondary N) is 1. The van der Waals surface area contributed by atoms with E-state index in [1.165, 1.54) is 4.90 Å². The number of hydrogen-bond donors (Lipinski definition) is 1. The second kappa shape index (κ2) is 7.85. The fraction of sp³-hybridized carbons (Fsp3) is 0.250. The molecule has 1 aliphatic rings. The summed E-state index contributed by atoms with van der Waals surface area (Å²) in [5.74, 6) is -0.895. The maximum Gasteiger partial charge on any atom is 0.265 e. The Labute approximate surface area is 163 Å². The molecule has 7 heteroatoms. The molecule has 1 aromatic carbocycles. The molecule has 1 N–H and O–H groups in total. The Morgan fingerprint density at radius 3 is 2.56 bits per heavy atom. The molecule has 27 heavy (non-hydrogen) atoms. The fourth-order valence-electron chi connectivity index (χ4n) is 3.14. The van der Waals surface area contributed by atoms with Gasteiger partial charge in [0.25, 0.3) is 11.8 Å². The van der Waals surface area contributed by atoms with Crippen LogP contribution in [0.3, 0.4) is 0 Å². The zero-order valence-electron chi connectivity index (χ0n) is 15.5. The zero-order chi connectivity index (χ0) is 19.6. The quantitative estimate of drug-likeness (QED) is 0.489. The van der Waals surface area contributed by atoms with Crippen LogP contribution in [0.5, 0.6) is 0 Å². The lowest BCUT2D eigenvalue weighted by atomic mass is 10.1. The molecule has 1 fully saturated rings. The number of carbonyl (C=O) groups excluding carboxylic acids is 2. The molecule has 0 radical (unpaired) electrons. The second-order valence-electron chi connectivity index (χ2n) is 6.26. The summed E-state index contributed by atoms with van der Waals surface area (Å²) in [6, 6.07) is 11.9. The first kappa shape index (κ1) is 19.0. The van der Waals surface area contributed by atoms with Gasteiger partial charge in [0.15, 0.2) is 5.11 Å². The van der Waals surface area contributed by atoms with Crippen LogP contribution < -0.4 is 5.32 Å². The van der Waals surface area contributed by atoms with Crippen molar-refractivity contribution in [1.29, 1.82) is 0 Å². The van der Waals surface area contributed by atoms with Gasteiger partial charge in [0.1, 0.15) is 5.57 Å². The summed E-state index contributed by atoms with van der Waals surface area (Å²) < 4.78 is 7.11. The fourth-order valence-corrected chi connectivity index (χ4v) is 3.41. The predicted octanol–water partition coefficient (Wildman–Crippen LogP) is 2.37. The summed E-state index contributed by atoms with van der Waals surface area (Å²) in [5, 5.41) is 2.68. The summed E-state index contributed by atoms with van der Waals surface area (Å²) in [6.07, 6.45) is 1.63. The van der Waals surface area contributed by atoms with Crippen LogP contribution in [0.4, 0.5) is 0 Å². The minimum absolute atomic E-state index is 0.0630. The molecule has 0 spiro atoms. The van der Waals surface area contributed by atoms with Gasteiger partial charge in [0, 0.05) is 24.2 Å². The van der Waals surface area contributed by atoms with Gasteiger partial charge in [0.05, 0.1) is 13.2 Å². The molecular formula is C20H21N3O3S. The molecule has 0 aliphatic carbocycles. The standard InChI is InChI=1S/C20H21N3O3S/c1-13-11-15(14(2)23(13)16-7-5-4-6-8-16)12-17-18(24)21-20(27)22(19(17)25)9-10-26-3/h4-8,11-12H,9-10H2,1-3H3,(H,21,24,27)/b17-12-. The van der Waals surface area contributed by atoms with E-state index in [4.69, 9.17) is 17.0 Å². The molecule has 2 aromatic rings. The number of para-hydroxylation sites is 1. The van der Waals surface area contributed by atoms with Crippen LogP contribution in [-0.2, 0) is 14.3 Å². The van der Waals surface area contributed by atoms with Gasteiger partial charge < -0.3 is 9.30 Å². The predicted molar refractivity (Wildman–Crippen MR) is 108 cm³/mol. The van der Waals surface area contributed by atoms with Crippen molar-refractivity contribution in [3.63, 3.8) is 0 Å². The number of nitrogens with zero attached hydrogens (tertiary/aromatic N) is 2. The third-order valence-electron chi connectivity index (χ3n) is 4.49. The van der Waals surface area contributed by atoms with E-state index < -0.39 is 11.8 Å². The Bertz CT molecular complexity index is 931. The van der Waals surface area contributed by atoms with Crippen molar-refractivity contribution in [2.75, 3.05) is 20.3 Å². The van der Waals surface area contributed by atoms with Gasteiger partial charge in [-0.25, -0.2) is 0 Å². The topological polar surface area (TPSA) is 63.6 Å². The van der Waals surface area contributed by atoms with Gasteiger partial charge in [-0.3, -0.25) is 19.8 Å². The van der Waals surface area contributed by atoms with E-state index in [1.807, 2.05) is 50.2 Å². The third kappa shape index (κ3) is 3.70. The number of hydrogen-bond acceptors (Lipinski definition) is 4. The van der Waals surface area contributed by atoms with E-state index in [9.17, 15) is 9.59 Å². The van der Waals surface area contributed by atoms with E-state index in [2.05, 4.69) is 9.88 Å². The minimum Gasteiger partial charge on any atom is -0.383 e. The average Bonchev–Trinajstić information content (AvgIpc) is 2.92. The lowest BCUT2D eigenvalue weighted by Crippen LogP contribution is -2.54. The lowest BCUT2D eigenvalue weighted by Gasteiger charge is -2.28. The van der Waals surface area contributed by atoms with Crippen molar-refractivity contribution in [2.45, 2.75) is 13.8 Å². The van der Waals surface area contributed by atoms with Crippen molar-refractivity contribution < 1.29 is 14.3 Å². The van der Waals surface area contributed by atoms with Gasteiger partial charge >= 0.3 is 0 Å². The van der Waals surface area contributed by atoms with E-state index in [0.717, 1.165) is 22.6 Å². The van der Waals surface area contributed by atoms with Crippen LogP contribution in [0, 0.1) is 13.8 Å². The SMILES string of the molecule is COCCN1C(=O)/C(=C\c2cc(C)n(-c3ccccc3)c2C)C(=O)NC1=S. The van der Waals surface area contributed by atoms with E-state index in [-0.39, 0.29) is 17.2 Å². The van der Waals surface area contributed by atoms with Gasteiger partial charge in [0.2, 0.25) is 0 Å². The van der Waals surface area contributed by atoms with Gasteiger partial charge in [-0.15, -0.1) is 0 Å². The highest BCUT2D eigenvalue weighted by molar-refractivity contribution is 7.80. The summed E-state index contributed by atoms with van der Waals surface area (Å²) in [6.45, 7) is 4.57. The largest absolute Gasteiger partial charge is 0.383 e. The number of methoxy groups -OCH3 is 1. The number of benzene rings is 1. The molecular weight excluding hydrogens is 362 g/mol. The van der Waals surface area contributed by atoms with Gasteiger partial charge in [-0.05, 0) is 55.9 Å². The Balaban J connectivity index is 1.99. The normalized spacial score (nSPS) is 16.2. The molecule has 1 saturated heterocycles. The van der Waals surface area contributed by atoms with Crippen molar-refractivity contribution >= 4 is 35.2 Å². The number of aromatic nitrogens is 1. The number of carbonyl (C=O) groups is 2. The highest BCUT2D eigenvalue weighted by atomic mass is 32.1. The van der Waals surface area contributed by atoms with Crippen molar-refractivity contribution in [2.24, 2.45) is 0 Å². The van der Waals surface area contributed by atoms with Crippen LogP contribution in [0.1, 0.15) is 17.0 Å². The maximum absolute atomic E-state index is 12.8. The summed E-state index contributed by atoms with van der Waals surface area (Å²) in [4.78, 5) is 26.5. The maximum atomic E-state index is 12.8. The molecule has 3 rings (SSSR count). The van der Waals surface area contributed by atoms with Crippen LogP contribution in [-0.4, -0.2) is 46.7 Å². The van der Waals surface area contributed by atoms with E-state index >= 15 is 0 Å². The Kier molecular flexibility index (Phi) is 5.53. The van der Waals surface area contributed by atoms with Crippen molar-refractivity contribution in [1.82, 2.24) is 14.8 Å². The van der Waals surface area contributed by atoms with Crippen molar-refractivity contribution in [3.05, 3.63) is 58.9 Å². The summed E-state index contributed by atoms with van der Waals surface area (Å²) in [5.41, 5.74) is 3.87. The molecule has 6 nitrogen and oxygen atoms in total. The number of amides is 2. The molecule has 2 heterocycles. The highest BCUT2D eigenvalue weighted by Gasteiger charge is 2.33. The Hall–Kier alpha value is -2.77. The first-order chi connectivity index (χ1) is 12.9. The minimum atomic E-state index is -0.483. The molecule has 0 atom stereocenters. The first-order valence-corrected chi connectivity index (χ1v) is 8.97. The molecule has 0 unspecified atom stereocenters. The monoisotopic (exact) mass is 383 g/mol. The number of thiocarbonyl (C=S) groups is 1. The molecule has 1 aliphatic heterocycles. The van der Waals surface area contributed by atoms with E-state index in [1.54, 1.807) is 13.2 Å².